The first-order valence-electron chi connectivity index (χ1n) is 9.14. The van der Waals surface area contributed by atoms with Crippen molar-refractivity contribution in [1.29, 1.82) is 0 Å². The van der Waals surface area contributed by atoms with Crippen molar-refractivity contribution >= 4 is 19.9 Å². The zero-order chi connectivity index (χ0) is 20.5. The smallest absolute Gasteiger partial charge is 0.244 e. The number of benzene rings is 2. The van der Waals surface area contributed by atoms with Gasteiger partial charge in [-0.05, 0) is 73.6 Å². The van der Waals surface area contributed by atoms with Gasteiger partial charge in [-0.1, -0.05) is 12.1 Å². The fraction of sp³-hybridized carbons (Fsp3) is 0.400. The second-order valence-electron chi connectivity index (χ2n) is 7.16. The average Bonchev–Trinajstić information content (AvgIpc) is 2.66. The van der Waals surface area contributed by atoms with Crippen molar-refractivity contribution in [2.24, 2.45) is 0 Å². The molecule has 0 spiro atoms. The third kappa shape index (κ3) is 4.39. The molecular weight excluding hydrogens is 398 g/mol. The summed E-state index contributed by atoms with van der Waals surface area (Å²) in [6.07, 6.45) is 5.08. The Morgan fingerprint density at radius 1 is 0.964 bits per heavy atom. The monoisotopic (exact) mass is 423 g/mol. The molecule has 2 aromatic carbocycles. The van der Waals surface area contributed by atoms with Gasteiger partial charge in [0.05, 0.1) is 12.0 Å². The second-order valence-corrected chi connectivity index (χ2v) is 10.9. The summed E-state index contributed by atoms with van der Waals surface area (Å²) in [4.78, 5) is 0.331. The Hall–Kier alpha value is -1.90. The highest BCUT2D eigenvalue weighted by molar-refractivity contribution is 7.90. The zero-order valence-electron chi connectivity index (χ0n) is 16.2. The lowest BCUT2D eigenvalue weighted by molar-refractivity contribution is 0.400. The van der Waals surface area contributed by atoms with Crippen molar-refractivity contribution in [3.8, 4) is 5.75 Å². The molecule has 8 heteroatoms. The third-order valence-corrected chi connectivity index (χ3v) is 7.75. The highest BCUT2D eigenvalue weighted by Gasteiger charge is 2.25. The van der Waals surface area contributed by atoms with Crippen LogP contribution in [0.15, 0.2) is 46.2 Å². The fourth-order valence-electron chi connectivity index (χ4n) is 3.48. The third-order valence-electron chi connectivity index (χ3n) is 5.06. The molecule has 6 nitrogen and oxygen atoms in total. The van der Waals surface area contributed by atoms with E-state index in [0.29, 0.717) is 11.3 Å². The minimum absolute atomic E-state index is 0.134. The van der Waals surface area contributed by atoms with Crippen LogP contribution in [0, 0.1) is 0 Å². The van der Waals surface area contributed by atoms with Crippen LogP contribution in [0.25, 0.3) is 0 Å². The van der Waals surface area contributed by atoms with Gasteiger partial charge in [0.1, 0.15) is 10.6 Å². The molecule has 0 amide bonds. The van der Waals surface area contributed by atoms with E-state index in [1.54, 1.807) is 25.1 Å². The summed E-state index contributed by atoms with van der Waals surface area (Å²) in [5.41, 5.74) is 2.87. The van der Waals surface area contributed by atoms with Crippen molar-refractivity contribution in [1.82, 2.24) is 4.72 Å². The van der Waals surface area contributed by atoms with Crippen LogP contribution in [0.1, 0.15) is 42.5 Å². The van der Waals surface area contributed by atoms with Crippen LogP contribution in [-0.2, 0) is 32.7 Å². The van der Waals surface area contributed by atoms with Crippen LogP contribution < -0.4 is 9.46 Å². The van der Waals surface area contributed by atoms with E-state index in [-0.39, 0.29) is 9.79 Å². The lowest BCUT2D eigenvalue weighted by Gasteiger charge is -2.21. The van der Waals surface area contributed by atoms with Gasteiger partial charge in [-0.2, -0.15) is 0 Å². The number of methoxy groups -OCH3 is 1. The highest BCUT2D eigenvalue weighted by Crippen LogP contribution is 2.32. The summed E-state index contributed by atoms with van der Waals surface area (Å²) in [6, 6.07) is 9.22. The molecule has 0 radical (unpaired) electrons. The molecule has 0 fully saturated rings. The topological polar surface area (TPSA) is 89.5 Å². The minimum Gasteiger partial charge on any atom is -0.495 e. The summed E-state index contributed by atoms with van der Waals surface area (Å²) in [5, 5.41) is 0. The van der Waals surface area contributed by atoms with Crippen molar-refractivity contribution in [2.75, 3.05) is 13.4 Å². The van der Waals surface area contributed by atoms with Gasteiger partial charge in [-0.15, -0.1) is 0 Å². The van der Waals surface area contributed by atoms with Crippen molar-refractivity contribution < 1.29 is 21.6 Å². The molecule has 28 heavy (non-hydrogen) atoms. The Labute approximate surface area is 166 Å². The lowest BCUT2D eigenvalue weighted by atomic mass is 9.92. The second kappa shape index (κ2) is 7.85. The summed E-state index contributed by atoms with van der Waals surface area (Å²) in [5.74, 6) is 0.341. The van der Waals surface area contributed by atoms with Gasteiger partial charge < -0.3 is 4.74 Å². The molecule has 0 unspecified atom stereocenters. The van der Waals surface area contributed by atoms with Crippen LogP contribution in [0.2, 0.25) is 0 Å². The normalized spacial score (nSPS) is 15.7. The Balaban J connectivity index is 1.89. The Morgan fingerprint density at radius 2 is 1.54 bits per heavy atom. The number of nitrogens with one attached hydrogen (secondary N) is 1. The van der Waals surface area contributed by atoms with E-state index >= 15 is 0 Å². The molecule has 0 aromatic heterocycles. The van der Waals surface area contributed by atoms with E-state index in [1.807, 2.05) is 6.07 Å². The van der Waals surface area contributed by atoms with E-state index in [0.717, 1.165) is 43.1 Å². The van der Waals surface area contributed by atoms with Gasteiger partial charge in [0.15, 0.2) is 9.84 Å². The van der Waals surface area contributed by atoms with Crippen LogP contribution in [-0.4, -0.2) is 30.2 Å². The number of sulfone groups is 1. The number of hydrogen-bond acceptors (Lipinski definition) is 5. The van der Waals surface area contributed by atoms with Gasteiger partial charge in [-0.25, -0.2) is 21.6 Å². The van der Waals surface area contributed by atoms with Crippen LogP contribution in [0.5, 0.6) is 5.75 Å². The number of rotatable bonds is 6. The summed E-state index contributed by atoms with van der Waals surface area (Å²) < 4.78 is 57.2. The molecular formula is C20H25NO5S2. The number of aryl methyl sites for hydroxylation is 2. The van der Waals surface area contributed by atoms with Crippen LogP contribution in [0.4, 0.5) is 0 Å². The average molecular weight is 424 g/mol. The predicted octanol–water partition coefficient (Wildman–Crippen LogP) is 3.02. The largest absolute Gasteiger partial charge is 0.495 e. The van der Waals surface area contributed by atoms with Gasteiger partial charge >= 0.3 is 0 Å². The molecule has 2 aromatic rings. The summed E-state index contributed by atoms with van der Waals surface area (Å²) in [6.45, 7) is 1.72. The zero-order valence-corrected chi connectivity index (χ0v) is 17.9. The van der Waals surface area contributed by atoms with Crippen LogP contribution in [0.3, 0.4) is 0 Å². The maximum atomic E-state index is 13.0. The molecule has 0 bridgehead atoms. The molecule has 0 aliphatic heterocycles. The number of hydrogen-bond donors (Lipinski definition) is 1. The lowest BCUT2D eigenvalue weighted by Crippen LogP contribution is -2.27. The number of fused-ring (bicyclic) bond motifs is 1. The molecule has 0 heterocycles. The highest BCUT2D eigenvalue weighted by atomic mass is 32.2. The Morgan fingerprint density at radius 3 is 2.07 bits per heavy atom. The molecule has 1 atom stereocenters. The first kappa shape index (κ1) is 20.8. The maximum Gasteiger partial charge on any atom is 0.244 e. The van der Waals surface area contributed by atoms with Crippen molar-refractivity contribution in [3.63, 3.8) is 0 Å². The molecule has 1 N–H and O–H groups in total. The van der Waals surface area contributed by atoms with Gasteiger partial charge in [0.2, 0.25) is 10.0 Å². The maximum absolute atomic E-state index is 13.0. The van der Waals surface area contributed by atoms with E-state index in [9.17, 15) is 16.8 Å². The Kier molecular flexibility index (Phi) is 5.84. The first-order chi connectivity index (χ1) is 13.1. The van der Waals surface area contributed by atoms with E-state index in [1.165, 1.54) is 19.2 Å². The van der Waals surface area contributed by atoms with E-state index in [4.69, 9.17) is 4.74 Å². The molecule has 0 saturated carbocycles. The molecule has 1 aliphatic rings. The van der Waals surface area contributed by atoms with Crippen molar-refractivity contribution in [2.45, 2.75) is 48.4 Å². The SMILES string of the molecule is COc1cc2c(cc1S(=O)(=O)N[C@@H](C)c1ccc(S(C)(=O)=O)cc1)CCCC2. The standard InChI is InChI=1S/C20H25NO5S2/c1-14(15-8-10-18(11-9-15)27(3,22)23)21-28(24,25)20-13-17-7-5-4-6-16(17)12-19(20)26-2/h8-14,21H,4-7H2,1-3H3/t14-/m0/s1. The van der Waals surface area contributed by atoms with Gasteiger partial charge in [0.25, 0.3) is 0 Å². The van der Waals surface area contributed by atoms with Gasteiger partial charge in [-0.3, -0.25) is 0 Å². The molecule has 3 rings (SSSR count). The predicted molar refractivity (Wildman–Crippen MR) is 108 cm³/mol. The molecule has 1 aliphatic carbocycles. The molecule has 0 saturated heterocycles. The van der Waals surface area contributed by atoms with E-state index < -0.39 is 25.9 Å². The minimum atomic E-state index is -3.82. The number of sulfonamides is 1. The first-order valence-corrected chi connectivity index (χ1v) is 12.5. The summed E-state index contributed by atoms with van der Waals surface area (Å²) >= 11 is 0. The fourth-order valence-corrected chi connectivity index (χ4v) is 5.54. The van der Waals surface area contributed by atoms with Gasteiger partial charge in [0, 0.05) is 12.3 Å². The quantitative estimate of drug-likeness (QED) is 0.771. The number of ether oxygens (including phenoxy) is 1. The van der Waals surface area contributed by atoms with Crippen LogP contribution >= 0.6 is 0 Å². The summed E-state index contributed by atoms with van der Waals surface area (Å²) in [7, 11) is -5.64. The Bertz CT molecular complexity index is 1070. The molecule has 152 valence electrons. The van der Waals surface area contributed by atoms with E-state index in [2.05, 4.69) is 4.72 Å². The van der Waals surface area contributed by atoms with Crippen molar-refractivity contribution in [3.05, 3.63) is 53.1 Å².